The number of aromatic nitrogens is 1. The number of allylic oxidation sites excluding steroid dienone is 1. The summed E-state index contributed by atoms with van der Waals surface area (Å²) < 4.78 is 46.4. The van der Waals surface area contributed by atoms with E-state index in [0.29, 0.717) is 13.2 Å². The van der Waals surface area contributed by atoms with Crippen LogP contribution in [0.3, 0.4) is 0 Å². The van der Waals surface area contributed by atoms with Crippen molar-refractivity contribution in [1.29, 1.82) is 0 Å². The van der Waals surface area contributed by atoms with Crippen LogP contribution in [-0.2, 0) is 21.4 Å². The van der Waals surface area contributed by atoms with E-state index < -0.39 is 10.1 Å². The summed E-state index contributed by atoms with van der Waals surface area (Å²) in [7, 11) is -2.61. The molecule has 0 atom stereocenters. The number of methoxy groups -OCH3 is 1. The van der Waals surface area contributed by atoms with Gasteiger partial charge in [0.2, 0.25) is 5.52 Å². The molecule has 0 aliphatic heterocycles. The Morgan fingerprint density at radius 2 is 2.17 bits per heavy atom. The second-order valence-electron chi connectivity index (χ2n) is 5.23. The van der Waals surface area contributed by atoms with Crippen molar-refractivity contribution in [2.75, 3.05) is 19.5 Å². The second-order valence-corrected chi connectivity index (χ2v) is 7.81. The minimum absolute atomic E-state index is 0.258. The molecule has 2 aromatic rings. The molecule has 24 heavy (non-hydrogen) atoms. The summed E-state index contributed by atoms with van der Waals surface area (Å²) in [5, 5.41) is 0.938. The van der Waals surface area contributed by atoms with Gasteiger partial charge in [-0.25, -0.2) is 8.42 Å². The highest BCUT2D eigenvalue weighted by Crippen LogP contribution is 2.26. The zero-order valence-electron chi connectivity index (χ0n) is 13.9. The van der Waals surface area contributed by atoms with Crippen molar-refractivity contribution in [3.05, 3.63) is 29.0 Å². The summed E-state index contributed by atoms with van der Waals surface area (Å²) in [6.45, 7) is 4.80. The van der Waals surface area contributed by atoms with Gasteiger partial charge in [0.05, 0.1) is 36.0 Å². The first-order valence-corrected chi connectivity index (χ1v) is 9.98. The molecular formula is C16H21NO5S2. The summed E-state index contributed by atoms with van der Waals surface area (Å²) in [4.78, 5) is 0. The second kappa shape index (κ2) is 7.96. The van der Waals surface area contributed by atoms with E-state index in [1.165, 1.54) is 0 Å². The van der Waals surface area contributed by atoms with E-state index in [4.69, 9.17) is 9.47 Å². The Hall–Kier alpha value is -1.64. The summed E-state index contributed by atoms with van der Waals surface area (Å²) in [6, 6.07) is 5.76. The fourth-order valence-electron chi connectivity index (χ4n) is 2.39. The van der Waals surface area contributed by atoms with Crippen LogP contribution in [0.5, 0.6) is 5.75 Å². The number of fused-ring (bicyclic) bond motifs is 1. The summed E-state index contributed by atoms with van der Waals surface area (Å²) in [5.74, 6) is 1.12. The maximum atomic E-state index is 10.9. The van der Waals surface area contributed by atoms with E-state index in [-0.39, 0.29) is 12.2 Å². The van der Waals surface area contributed by atoms with E-state index in [9.17, 15) is 13.0 Å². The fraction of sp³-hybridized carbons (Fsp3) is 0.438. The van der Waals surface area contributed by atoms with Crippen LogP contribution in [0.25, 0.3) is 16.3 Å². The first-order chi connectivity index (χ1) is 11.3. The lowest BCUT2D eigenvalue weighted by atomic mass is 10.3. The molecule has 0 aliphatic carbocycles. The van der Waals surface area contributed by atoms with Gasteiger partial charge in [-0.2, -0.15) is 4.57 Å². The molecule has 1 heterocycles. The SMILES string of the molecule is CCOC(C)=Cc1sc2ccc(OC)cc2[n+]1CCCS(=O)(=O)[O-]. The van der Waals surface area contributed by atoms with E-state index in [1.807, 2.05) is 42.7 Å². The normalized spacial score (nSPS) is 12.6. The third-order valence-electron chi connectivity index (χ3n) is 3.41. The number of benzene rings is 1. The molecule has 0 radical (unpaired) electrons. The predicted octanol–water partition coefficient (Wildman–Crippen LogP) is 2.53. The molecule has 0 spiro atoms. The molecule has 0 bridgehead atoms. The molecule has 0 N–H and O–H groups in total. The number of hydrogen-bond acceptors (Lipinski definition) is 6. The van der Waals surface area contributed by atoms with Gasteiger partial charge in [-0.1, -0.05) is 11.3 Å². The van der Waals surface area contributed by atoms with Gasteiger partial charge in [-0.3, -0.25) is 0 Å². The van der Waals surface area contributed by atoms with E-state index in [2.05, 4.69) is 0 Å². The Morgan fingerprint density at radius 1 is 1.42 bits per heavy atom. The van der Waals surface area contributed by atoms with Crippen molar-refractivity contribution in [3.63, 3.8) is 0 Å². The Balaban J connectivity index is 2.42. The highest BCUT2D eigenvalue weighted by molar-refractivity contribution is 7.85. The number of ether oxygens (including phenoxy) is 2. The third-order valence-corrected chi connectivity index (χ3v) is 5.31. The average Bonchev–Trinajstić information content (AvgIpc) is 2.83. The molecule has 0 unspecified atom stereocenters. The molecule has 6 nitrogen and oxygen atoms in total. The van der Waals surface area contributed by atoms with Crippen LogP contribution in [0.4, 0.5) is 0 Å². The van der Waals surface area contributed by atoms with Crippen molar-refractivity contribution < 1.29 is 27.0 Å². The first-order valence-electron chi connectivity index (χ1n) is 7.59. The van der Waals surface area contributed by atoms with Crippen LogP contribution in [0, 0.1) is 0 Å². The molecule has 0 fully saturated rings. The number of nitrogens with zero attached hydrogens (tertiary/aromatic N) is 1. The van der Waals surface area contributed by atoms with Gasteiger partial charge in [0.1, 0.15) is 16.2 Å². The highest BCUT2D eigenvalue weighted by Gasteiger charge is 2.20. The predicted molar refractivity (Wildman–Crippen MR) is 93.0 cm³/mol. The van der Waals surface area contributed by atoms with Crippen LogP contribution in [-0.4, -0.2) is 32.4 Å². The monoisotopic (exact) mass is 371 g/mol. The Morgan fingerprint density at radius 3 is 2.79 bits per heavy atom. The van der Waals surface area contributed by atoms with Crippen molar-refractivity contribution in [2.24, 2.45) is 0 Å². The minimum atomic E-state index is -4.21. The number of thiazole rings is 1. The van der Waals surface area contributed by atoms with Gasteiger partial charge in [-0.05, 0) is 26.0 Å². The molecule has 0 saturated carbocycles. The standard InChI is InChI=1S/C16H21NO5S2/c1-4-22-12(2)10-16-17(8-5-9-24(18,19)20)14-11-13(21-3)6-7-15(14)23-16/h6-7,10-11H,4-5,8-9H2,1-3H3. The zero-order chi connectivity index (χ0) is 17.7. The van der Waals surface area contributed by atoms with Crippen molar-refractivity contribution in [3.8, 4) is 5.75 Å². The molecule has 132 valence electrons. The highest BCUT2D eigenvalue weighted by atomic mass is 32.2. The molecular weight excluding hydrogens is 350 g/mol. The summed E-state index contributed by atoms with van der Waals surface area (Å²) in [5.41, 5.74) is 0.943. The quantitative estimate of drug-likeness (QED) is 0.405. The first kappa shape index (κ1) is 18.7. The van der Waals surface area contributed by atoms with Crippen LogP contribution in [0.15, 0.2) is 24.0 Å². The van der Waals surface area contributed by atoms with Gasteiger partial charge in [0, 0.05) is 12.2 Å². The minimum Gasteiger partial charge on any atom is -0.748 e. The van der Waals surface area contributed by atoms with E-state index in [0.717, 1.165) is 26.7 Å². The van der Waals surface area contributed by atoms with Crippen molar-refractivity contribution in [2.45, 2.75) is 26.8 Å². The van der Waals surface area contributed by atoms with E-state index in [1.54, 1.807) is 18.4 Å². The molecule has 1 aromatic heterocycles. The van der Waals surface area contributed by atoms with Crippen molar-refractivity contribution in [1.82, 2.24) is 0 Å². The van der Waals surface area contributed by atoms with Crippen LogP contribution >= 0.6 is 11.3 Å². The van der Waals surface area contributed by atoms with Gasteiger partial charge < -0.3 is 14.0 Å². The molecule has 0 amide bonds. The summed E-state index contributed by atoms with van der Waals surface area (Å²) in [6.07, 6.45) is 2.18. The topological polar surface area (TPSA) is 79.5 Å². The lowest BCUT2D eigenvalue weighted by Crippen LogP contribution is -2.36. The van der Waals surface area contributed by atoms with Gasteiger partial charge >= 0.3 is 0 Å². The zero-order valence-corrected chi connectivity index (χ0v) is 15.6. The molecule has 8 heteroatoms. The average molecular weight is 371 g/mol. The largest absolute Gasteiger partial charge is 0.748 e. The van der Waals surface area contributed by atoms with Crippen molar-refractivity contribution >= 4 is 37.7 Å². The summed E-state index contributed by atoms with van der Waals surface area (Å²) >= 11 is 1.58. The Bertz CT molecular complexity index is 840. The molecule has 2 rings (SSSR count). The smallest absolute Gasteiger partial charge is 0.266 e. The van der Waals surface area contributed by atoms with Crippen LogP contribution in [0.1, 0.15) is 25.3 Å². The maximum Gasteiger partial charge on any atom is 0.266 e. The van der Waals surface area contributed by atoms with Gasteiger partial charge in [-0.15, -0.1) is 0 Å². The van der Waals surface area contributed by atoms with Crippen LogP contribution in [0.2, 0.25) is 0 Å². The number of aryl methyl sites for hydroxylation is 1. The van der Waals surface area contributed by atoms with Gasteiger partial charge in [0.25, 0.3) is 5.01 Å². The number of rotatable bonds is 8. The van der Waals surface area contributed by atoms with Crippen LogP contribution < -0.4 is 9.30 Å². The third kappa shape index (κ3) is 4.93. The number of hydrogen-bond donors (Lipinski definition) is 0. The Kier molecular flexibility index (Phi) is 6.20. The molecule has 1 aromatic carbocycles. The maximum absolute atomic E-state index is 10.9. The lowest BCUT2D eigenvalue weighted by molar-refractivity contribution is -0.668. The molecule has 0 saturated heterocycles. The Labute approximate surface area is 146 Å². The van der Waals surface area contributed by atoms with E-state index >= 15 is 0 Å². The lowest BCUT2D eigenvalue weighted by Gasteiger charge is -2.05. The fourth-order valence-corrected chi connectivity index (χ4v) is 4.03. The van der Waals surface area contributed by atoms with Gasteiger partial charge in [0.15, 0.2) is 6.54 Å². The molecule has 0 aliphatic rings.